The van der Waals surface area contributed by atoms with E-state index in [1.165, 1.54) is 10.4 Å². The summed E-state index contributed by atoms with van der Waals surface area (Å²) in [7, 11) is -3.56. The fourth-order valence-electron chi connectivity index (χ4n) is 1.88. The van der Waals surface area contributed by atoms with Gasteiger partial charge in [0.05, 0.1) is 10.0 Å². The molecule has 0 radical (unpaired) electrons. The van der Waals surface area contributed by atoms with Crippen LogP contribution >= 0.6 is 35.6 Å². The molecular formula is C11H15Cl3N2O2S. The van der Waals surface area contributed by atoms with Gasteiger partial charge in [0.15, 0.2) is 0 Å². The Balaban J connectivity index is 0.00000180. The van der Waals surface area contributed by atoms with E-state index in [0.717, 1.165) is 13.0 Å². The van der Waals surface area contributed by atoms with E-state index < -0.39 is 10.0 Å². The van der Waals surface area contributed by atoms with Gasteiger partial charge in [0.1, 0.15) is 4.90 Å². The molecule has 1 N–H and O–H groups in total. The van der Waals surface area contributed by atoms with E-state index in [0.29, 0.717) is 19.6 Å². The molecule has 0 saturated carbocycles. The zero-order chi connectivity index (χ0) is 13.2. The van der Waals surface area contributed by atoms with Crippen molar-refractivity contribution in [1.82, 2.24) is 9.62 Å². The Hall–Kier alpha value is -0.0400. The smallest absolute Gasteiger partial charge is 0.244 e. The van der Waals surface area contributed by atoms with Crippen LogP contribution in [0.1, 0.15) is 6.42 Å². The maximum atomic E-state index is 12.5. The molecule has 1 saturated heterocycles. The fourth-order valence-corrected chi connectivity index (χ4v) is 4.10. The van der Waals surface area contributed by atoms with Gasteiger partial charge in [-0.3, -0.25) is 0 Å². The van der Waals surface area contributed by atoms with Gasteiger partial charge >= 0.3 is 0 Å². The number of nitrogens with one attached hydrogen (secondary N) is 1. The van der Waals surface area contributed by atoms with Crippen LogP contribution in [0.2, 0.25) is 10.0 Å². The summed E-state index contributed by atoms with van der Waals surface area (Å²) in [6, 6.07) is 4.66. The van der Waals surface area contributed by atoms with E-state index in [4.69, 9.17) is 23.2 Å². The van der Waals surface area contributed by atoms with Gasteiger partial charge in [-0.25, -0.2) is 8.42 Å². The molecule has 19 heavy (non-hydrogen) atoms. The third-order valence-electron chi connectivity index (χ3n) is 2.83. The maximum absolute atomic E-state index is 12.5. The Morgan fingerprint density at radius 3 is 2.63 bits per heavy atom. The van der Waals surface area contributed by atoms with Gasteiger partial charge in [0.2, 0.25) is 10.0 Å². The van der Waals surface area contributed by atoms with Gasteiger partial charge in [-0.1, -0.05) is 29.3 Å². The van der Waals surface area contributed by atoms with Crippen molar-refractivity contribution in [1.29, 1.82) is 0 Å². The molecule has 108 valence electrons. The first kappa shape index (κ1) is 17.0. The van der Waals surface area contributed by atoms with Crippen LogP contribution in [-0.2, 0) is 10.0 Å². The summed E-state index contributed by atoms with van der Waals surface area (Å²) in [6.45, 7) is 2.43. The lowest BCUT2D eigenvalue weighted by atomic mass is 10.4. The Labute approximate surface area is 129 Å². The number of rotatable bonds is 2. The van der Waals surface area contributed by atoms with Crippen molar-refractivity contribution < 1.29 is 8.42 Å². The molecule has 0 aromatic heterocycles. The number of benzene rings is 1. The molecule has 0 bridgehead atoms. The predicted octanol–water partition coefficient (Wildman–Crippen LogP) is 2.40. The van der Waals surface area contributed by atoms with Crippen LogP contribution in [0.4, 0.5) is 0 Å². The molecule has 1 aliphatic heterocycles. The lowest BCUT2D eigenvalue weighted by Crippen LogP contribution is -2.34. The molecule has 1 fully saturated rings. The quantitative estimate of drug-likeness (QED) is 0.895. The molecule has 1 aliphatic rings. The van der Waals surface area contributed by atoms with Gasteiger partial charge in [0, 0.05) is 19.6 Å². The molecule has 1 heterocycles. The summed E-state index contributed by atoms with van der Waals surface area (Å²) in [5, 5.41) is 3.51. The highest BCUT2D eigenvalue weighted by Crippen LogP contribution is 2.30. The maximum Gasteiger partial charge on any atom is 0.244 e. The van der Waals surface area contributed by atoms with Crippen molar-refractivity contribution in [2.45, 2.75) is 11.3 Å². The summed E-state index contributed by atoms with van der Waals surface area (Å²) >= 11 is 11.8. The molecule has 8 heteroatoms. The monoisotopic (exact) mass is 344 g/mol. The molecule has 0 atom stereocenters. The number of hydrogen-bond donors (Lipinski definition) is 1. The Bertz CT molecular complexity index is 529. The lowest BCUT2D eigenvalue weighted by molar-refractivity contribution is 0.432. The van der Waals surface area contributed by atoms with Crippen LogP contribution in [-0.4, -0.2) is 38.9 Å². The van der Waals surface area contributed by atoms with Crippen molar-refractivity contribution in [2.75, 3.05) is 26.2 Å². The van der Waals surface area contributed by atoms with Crippen LogP contribution in [0.5, 0.6) is 0 Å². The minimum absolute atomic E-state index is 0. The van der Waals surface area contributed by atoms with Gasteiger partial charge in [-0.2, -0.15) is 4.31 Å². The molecule has 0 unspecified atom stereocenters. The average Bonchev–Trinajstić information content (AvgIpc) is 2.61. The van der Waals surface area contributed by atoms with E-state index in [9.17, 15) is 8.42 Å². The number of nitrogens with zero attached hydrogens (tertiary/aromatic N) is 1. The topological polar surface area (TPSA) is 49.4 Å². The van der Waals surface area contributed by atoms with E-state index in [-0.39, 0.29) is 27.3 Å². The standard InChI is InChI=1S/C11H14Cl2N2O2S.ClH/c12-9-3-1-4-10(11(9)13)18(16,17)15-7-2-5-14-6-8-15;/h1,3-4,14H,2,5-8H2;1H. The molecule has 1 aromatic carbocycles. The largest absolute Gasteiger partial charge is 0.315 e. The zero-order valence-electron chi connectivity index (χ0n) is 10.1. The minimum Gasteiger partial charge on any atom is -0.315 e. The SMILES string of the molecule is Cl.O=S(=O)(c1cccc(Cl)c1Cl)N1CCCNCC1. The van der Waals surface area contributed by atoms with Gasteiger partial charge < -0.3 is 5.32 Å². The third kappa shape index (κ3) is 3.74. The first-order valence-corrected chi connectivity index (χ1v) is 7.88. The Morgan fingerprint density at radius 2 is 1.89 bits per heavy atom. The second kappa shape index (κ2) is 7.11. The highest BCUT2D eigenvalue weighted by atomic mass is 35.5. The van der Waals surface area contributed by atoms with Crippen molar-refractivity contribution in [3.05, 3.63) is 28.2 Å². The van der Waals surface area contributed by atoms with Crippen molar-refractivity contribution in [3.63, 3.8) is 0 Å². The molecular weight excluding hydrogens is 331 g/mol. The lowest BCUT2D eigenvalue weighted by Gasteiger charge is -2.20. The molecule has 0 amide bonds. The minimum atomic E-state index is -3.56. The molecule has 0 aliphatic carbocycles. The van der Waals surface area contributed by atoms with Gasteiger partial charge in [-0.05, 0) is 25.1 Å². The Morgan fingerprint density at radius 1 is 1.16 bits per heavy atom. The van der Waals surface area contributed by atoms with Crippen LogP contribution in [0, 0.1) is 0 Å². The predicted molar refractivity (Wildman–Crippen MR) is 80.0 cm³/mol. The first-order chi connectivity index (χ1) is 8.53. The summed E-state index contributed by atoms with van der Waals surface area (Å²) in [4.78, 5) is 0.0820. The number of hydrogen-bond acceptors (Lipinski definition) is 3. The van der Waals surface area contributed by atoms with Crippen molar-refractivity contribution >= 4 is 45.6 Å². The first-order valence-electron chi connectivity index (χ1n) is 5.68. The highest BCUT2D eigenvalue weighted by molar-refractivity contribution is 7.89. The van der Waals surface area contributed by atoms with E-state index >= 15 is 0 Å². The summed E-state index contributed by atoms with van der Waals surface area (Å²) < 4.78 is 26.4. The van der Waals surface area contributed by atoms with E-state index in [1.54, 1.807) is 12.1 Å². The molecule has 4 nitrogen and oxygen atoms in total. The molecule has 1 aromatic rings. The van der Waals surface area contributed by atoms with E-state index in [2.05, 4.69) is 5.32 Å². The van der Waals surface area contributed by atoms with E-state index in [1.807, 2.05) is 0 Å². The summed E-state index contributed by atoms with van der Waals surface area (Å²) in [5.74, 6) is 0. The van der Waals surface area contributed by atoms with Crippen LogP contribution in [0.25, 0.3) is 0 Å². The van der Waals surface area contributed by atoms with Crippen LogP contribution in [0.3, 0.4) is 0 Å². The van der Waals surface area contributed by atoms with Crippen molar-refractivity contribution in [3.8, 4) is 0 Å². The average molecular weight is 346 g/mol. The fraction of sp³-hybridized carbons (Fsp3) is 0.455. The zero-order valence-corrected chi connectivity index (χ0v) is 13.2. The second-order valence-electron chi connectivity index (χ2n) is 4.06. The summed E-state index contributed by atoms with van der Waals surface area (Å²) in [6.07, 6.45) is 0.789. The summed E-state index contributed by atoms with van der Waals surface area (Å²) in [5.41, 5.74) is 0. The third-order valence-corrected chi connectivity index (χ3v) is 5.70. The van der Waals surface area contributed by atoms with Crippen molar-refractivity contribution in [2.24, 2.45) is 0 Å². The molecule has 0 spiro atoms. The highest BCUT2D eigenvalue weighted by Gasteiger charge is 2.27. The van der Waals surface area contributed by atoms with Gasteiger partial charge in [-0.15, -0.1) is 12.4 Å². The van der Waals surface area contributed by atoms with Crippen LogP contribution < -0.4 is 5.32 Å². The molecule has 2 rings (SSSR count). The van der Waals surface area contributed by atoms with Crippen LogP contribution in [0.15, 0.2) is 23.1 Å². The second-order valence-corrected chi connectivity index (χ2v) is 6.75. The number of sulfonamides is 1. The van der Waals surface area contributed by atoms with Gasteiger partial charge in [0.25, 0.3) is 0 Å². The normalized spacial score (nSPS) is 17.6. The Kier molecular flexibility index (Phi) is 6.36. The number of halogens is 3.